The molecule has 0 radical (unpaired) electrons. The van der Waals surface area contributed by atoms with E-state index in [1.165, 1.54) is 16.9 Å². The first-order chi connectivity index (χ1) is 14.9. The molecule has 2 aromatic rings. The number of hydrogen-bond acceptors (Lipinski definition) is 5. The van der Waals surface area contributed by atoms with Gasteiger partial charge in [-0.1, -0.05) is 23.8 Å². The molecule has 1 heterocycles. The number of aryl methyl sites for hydroxylation is 1. The van der Waals surface area contributed by atoms with Crippen LogP contribution in [0.3, 0.4) is 0 Å². The molecule has 1 fully saturated rings. The van der Waals surface area contributed by atoms with E-state index in [1.54, 1.807) is 36.4 Å². The zero-order chi connectivity index (χ0) is 22.4. The highest BCUT2D eigenvalue weighted by atomic mass is 16.5. The highest BCUT2D eigenvalue weighted by Crippen LogP contribution is 2.22. The number of anilines is 1. The first-order valence-electron chi connectivity index (χ1n) is 10.0. The van der Waals surface area contributed by atoms with E-state index < -0.39 is 18.1 Å². The quantitative estimate of drug-likeness (QED) is 0.647. The SMILES string of the molecule is COc1cccc(C(=O)N2CCN(C(=O)Nc3ccc(C)cc3)C2C(=O)NCCN)c1. The van der Waals surface area contributed by atoms with Gasteiger partial charge in [-0.25, -0.2) is 4.79 Å². The number of nitrogens with two attached hydrogens (primary N) is 1. The average molecular weight is 425 g/mol. The van der Waals surface area contributed by atoms with Gasteiger partial charge in [0.2, 0.25) is 0 Å². The normalized spacial score (nSPS) is 15.5. The van der Waals surface area contributed by atoms with Crippen LogP contribution in [0.25, 0.3) is 0 Å². The molecule has 1 atom stereocenters. The first-order valence-corrected chi connectivity index (χ1v) is 10.0. The van der Waals surface area contributed by atoms with Crippen LogP contribution in [0.5, 0.6) is 5.75 Å². The predicted octanol–water partition coefficient (Wildman–Crippen LogP) is 1.39. The summed E-state index contributed by atoms with van der Waals surface area (Å²) in [6, 6.07) is 13.5. The molecule has 2 aromatic carbocycles. The van der Waals surface area contributed by atoms with Gasteiger partial charge in [0, 0.05) is 37.4 Å². The molecule has 1 aliphatic heterocycles. The van der Waals surface area contributed by atoms with Gasteiger partial charge in [0.15, 0.2) is 6.17 Å². The number of nitrogens with zero attached hydrogens (tertiary/aromatic N) is 2. The molecule has 9 nitrogen and oxygen atoms in total. The number of rotatable bonds is 6. The van der Waals surface area contributed by atoms with E-state index in [2.05, 4.69) is 10.6 Å². The van der Waals surface area contributed by atoms with Crippen molar-refractivity contribution in [2.75, 3.05) is 38.6 Å². The lowest BCUT2D eigenvalue weighted by molar-refractivity contribution is -0.127. The molecule has 164 valence electrons. The number of hydrogen-bond donors (Lipinski definition) is 3. The molecule has 4 amide bonds. The molecule has 0 bridgehead atoms. The second-order valence-electron chi connectivity index (χ2n) is 7.17. The van der Waals surface area contributed by atoms with E-state index in [-0.39, 0.29) is 32.1 Å². The molecule has 0 aromatic heterocycles. The fourth-order valence-corrected chi connectivity index (χ4v) is 3.38. The Hall–Kier alpha value is -3.59. The maximum Gasteiger partial charge on any atom is 0.323 e. The van der Waals surface area contributed by atoms with Crippen LogP contribution < -0.4 is 21.1 Å². The van der Waals surface area contributed by atoms with Crippen molar-refractivity contribution in [2.24, 2.45) is 5.73 Å². The minimum atomic E-state index is -1.09. The van der Waals surface area contributed by atoms with Crippen molar-refractivity contribution in [3.8, 4) is 5.75 Å². The van der Waals surface area contributed by atoms with Gasteiger partial charge in [-0.05, 0) is 37.3 Å². The van der Waals surface area contributed by atoms with Crippen LogP contribution in [0, 0.1) is 6.92 Å². The van der Waals surface area contributed by atoms with Crippen LogP contribution in [0.4, 0.5) is 10.5 Å². The van der Waals surface area contributed by atoms with Crippen molar-refractivity contribution >= 4 is 23.5 Å². The van der Waals surface area contributed by atoms with Crippen molar-refractivity contribution in [1.29, 1.82) is 0 Å². The van der Waals surface area contributed by atoms with Gasteiger partial charge in [-0.15, -0.1) is 0 Å². The minimum absolute atomic E-state index is 0.216. The predicted molar refractivity (Wildman–Crippen MR) is 117 cm³/mol. The summed E-state index contributed by atoms with van der Waals surface area (Å²) < 4.78 is 5.19. The standard InChI is InChI=1S/C22H27N5O4/c1-15-6-8-17(9-7-15)25-22(30)27-13-12-26(20(27)19(28)24-11-10-23)21(29)16-4-3-5-18(14-16)31-2/h3-9,14,20H,10-13,23H2,1-2H3,(H,24,28)(H,25,30). The van der Waals surface area contributed by atoms with Crippen LogP contribution in [-0.4, -0.2) is 67.1 Å². The Kier molecular flexibility index (Phi) is 7.09. The van der Waals surface area contributed by atoms with E-state index >= 15 is 0 Å². The lowest BCUT2D eigenvalue weighted by Gasteiger charge is -2.29. The average Bonchev–Trinajstić information content (AvgIpc) is 3.24. The van der Waals surface area contributed by atoms with Crippen molar-refractivity contribution in [2.45, 2.75) is 13.1 Å². The van der Waals surface area contributed by atoms with Crippen molar-refractivity contribution < 1.29 is 19.1 Å². The maximum atomic E-state index is 13.2. The van der Waals surface area contributed by atoms with Gasteiger partial charge in [-0.2, -0.15) is 0 Å². The summed E-state index contributed by atoms with van der Waals surface area (Å²) in [7, 11) is 1.51. The number of urea groups is 1. The van der Waals surface area contributed by atoms with Gasteiger partial charge < -0.3 is 26.0 Å². The summed E-state index contributed by atoms with van der Waals surface area (Å²) in [5, 5.41) is 5.48. The zero-order valence-electron chi connectivity index (χ0n) is 17.6. The van der Waals surface area contributed by atoms with Crippen LogP contribution in [0.1, 0.15) is 15.9 Å². The number of benzene rings is 2. The van der Waals surface area contributed by atoms with E-state index in [0.717, 1.165) is 5.56 Å². The third-order valence-corrected chi connectivity index (χ3v) is 4.99. The third-order valence-electron chi connectivity index (χ3n) is 4.99. The molecule has 31 heavy (non-hydrogen) atoms. The monoisotopic (exact) mass is 425 g/mol. The van der Waals surface area contributed by atoms with Crippen LogP contribution in [0.15, 0.2) is 48.5 Å². The van der Waals surface area contributed by atoms with Gasteiger partial charge >= 0.3 is 6.03 Å². The second kappa shape index (κ2) is 9.94. The van der Waals surface area contributed by atoms with Gasteiger partial charge in [0.25, 0.3) is 11.8 Å². The molecule has 4 N–H and O–H groups in total. The summed E-state index contributed by atoms with van der Waals surface area (Å²) in [6.07, 6.45) is -1.09. The molecular weight excluding hydrogens is 398 g/mol. The lowest BCUT2D eigenvalue weighted by atomic mass is 10.2. The Morgan fingerprint density at radius 2 is 1.81 bits per heavy atom. The first kappa shape index (κ1) is 22.1. The van der Waals surface area contributed by atoms with Gasteiger partial charge in [-0.3, -0.25) is 14.5 Å². The molecule has 1 saturated heterocycles. The van der Waals surface area contributed by atoms with E-state index in [1.807, 2.05) is 19.1 Å². The lowest BCUT2D eigenvalue weighted by Crippen LogP contribution is -2.55. The highest BCUT2D eigenvalue weighted by Gasteiger charge is 2.43. The number of ether oxygens (including phenoxy) is 1. The third kappa shape index (κ3) is 5.13. The zero-order valence-corrected chi connectivity index (χ0v) is 17.6. The molecule has 1 aliphatic rings. The largest absolute Gasteiger partial charge is 0.497 e. The second-order valence-corrected chi connectivity index (χ2v) is 7.17. The summed E-state index contributed by atoms with van der Waals surface area (Å²) in [5.74, 6) is -0.293. The summed E-state index contributed by atoms with van der Waals surface area (Å²) >= 11 is 0. The summed E-state index contributed by atoms with van der Waals surface area (Å²) in [6.45, 7) is 2.87. The van der Waals surface area contributed by atoms with Crippen LogP contribution in [-0.2, 0) is 4.79 Å². The smallest absolute Gasteiger partial charge is 0.323 e. The van der Waals surface area contributed by atoms with Crippen molar-refractivity contribution in [3.63, 3.8) is 0 Å². The van der Waals surface area contributed by atoms with Gasteiger partial charge in [0.1, 0.15) is 5.75 Å². The molecule has 0 spiro atoms. The van der Waals surface area contributed by atoms with Crippen molar-refractivity contribution in [3.05, 3.63) is 59.7 Å². The molecule has 0 saturated carbocycles. The Labute approximate surface area is 181 Å². The van der Waals surface area contributed by atoms with E-state index in [4.69, 9.17) is 10.5 Å². The maximum absolute atomic E-state index is 13.2. The van der Waals surface area contributed by atoms with Crippen molar-refractivity contribution in [1.82, 2.24) is 15.1 Å². The Balaban J connectivity index is 1.83. The molecule has 1 unspecified atom stereocenters. The summed E-state index contributed by atoms with van der Waals surface area (Å²) in [4.78, 5) is 41.7. The molecular formula is C22H27N5O4. The van der Waals surface area contributed by atoms with Gasteiger partial charge in [0.05, 0.1) is 7.11 Å². The van der Waals surface area contributed by atoms with E-state index in [9.17, 15) is 14.4 Å². The fraction of sp³-hybridized carbons (Fsp3) is 0.318. The number of carbonyl (C=O) groups is 3. The molecule has 3 rings (SSSR count). The van der Waals surface area contributed by atoms with Crippen LogP contribution >= 0.6 is 0 Å². The number of methoxy groups -OCH3 is 1. The molecule has 0 aliphatic carbocycles. The Morgan fingerprint density at radius 3 is 2.48 bits per heavy atom. The molecule has 9 heteroatoms. The summed E-state index contributed by atoms with van der Waals surface area (Å²) in [5.41, 5.74) is 7.54. The Bertz CT molecular complexity index is 947. The fourth-order valence-electron chi connectivity index (χ4n) is 3.38. The Morgan fingerprint density at radius 1 is 1.10 bits per heavy atom. The minimum Gasteiger partial charge on any atom is -0.497 e. The number of amides is 4. The number of nitrogens with one attached hydrogen (secondary N) is 2. The topological polar surface area (TPSA) is 117 Å². The highest BCUT2D eigenvalue weighted by molar-refractivity contribution is 6.00. The van der Waals surface area contributed by atoms with Crippen LogP contribution in [0.2, 0.25) is 0 Å². The number of carbonyl (C=O) groups excluding carboxylic acids is 3. The van der Waals surface area contributed by atoms with E-state index in [0.29, 0.717) is 17.0 Å².